The van der Waals surface area contributed by atoms with Gasteiger partial charge in [0.25, 0.3) is 5.91 Å². The minimum absolute atomic E-state index is 0.0883. The van der Waals surface area contributed by atoms with E-state index in [0.717, 1.165) is 12.8 Å². The standard InChI is InChI=1S/C19H20ClN3O3/c1-26-16-5-2-10-21-17(16)22-18(24)14-4-3-11-23(12-14)19(25)13-6-8-15(20)9-7-13/h2,5-10,14H,3-4,11-12H2,1H3,(H,21,22,24). The summed E-state index contributed by atoms with van der Waals surface area (Å²) in [6.45, 7) is 1.01. The SMILES string of the molecule is COc1cccnc1NC(=O)C1CCCN(C(=O)c2ccc(Cl)cc2)C1. The second-order valence-corrected chi connectivity index (χ2v) is 6.58. The predicted molar refractivity (Wildman–Crippen MR) is 99.5 cm³/mol. The average molecular weight is 374 g/mol. The number of anilines is 1. The van der Waals surface area contributed by atoms with Crippen molar-refractivity contribution < 1.29 is 14.3 Å². The van der Waals surface area contributed by atoms with Gasteiger partial charge in [-0.25, -0.2) is 4.98 Å². The molecule has 1 aliphatic heterocycles. The van der Waals surface area contributed by atoms with Gasteiger partial charge in [-0.05, 0) is 49.2 Å². The Kier molecular flexibility index (Phi) is 5.73. The number of amides is 2. The highest BCUT2D eigenvalue weighted by molar-refractivity contribution is 6.30. The van der Waals surface area contributed by atoms with Gasteiger partial charge in [-0.2, -0.15) is 0 Å². The fraction of sp³-hybridized carbons (Fsp3) is 0.316. The Morgan fingerprint density at radius 2 is 2.04 bits per heavy atom. The lowest BCUT2D eigenvalue weighted by atomic mass is 9.96. The van der Waals surface area contributed by atoms with Crippen LogP contribution in [0.5, 0.6) is 5.75 Å². The number of carbonyl (C=O) groups excluding carboxylic acids is 2. The van der Waals surface area contributed by atoms with Crippen LogP contribution in [0.3, 0.4) is 0 Å². The lowest BCUT2D eigenvalue weighted by Gasteiger charge is -2.32. The van der Waals surface area contributed by atoms with Gasteiger partial charge < -0.3 is 15.0 Å². The first kappa shape index (κ1) is 18.2. The van der Waals surface area contributed by atoms with Crippen LogP contribution in [0.15, 0.2) is 42.6 Å². The number of pyridine rings is 1. The van der Waals surface area contributed by atoms with E-state index < -0.39 is 0 Å². The third kappa shape index (κ3) is 4.14. The van der Waals surface area contributed by atoms with E-state index >= 15 is 0 Å². The number of aromatic nitrogens is 1. The summed E-state index contributed by atoms with van der Waals surface area (Å²) >= 11 is 5.87. The molecule has 2 aromatic rings. The van der Waals surface area contributed by atoms with Gasteiger partial charge in [0, 0.05) is 29.9 Å². The third-order valence-electron chi connectivity index (χ3n) is 4.40. The minimum Gasteiger partial charge on any atom is -0.493 e. The van der Waals surface area contributed by atoms with Crippen molar-refractivity contribution in [3.05, 3.63) is 53.2 Å². The molecule has 26 heavy (non-hydrogen) atoms. The summed E-state index contributed by atoms with van der Waals surface area (Å²) in [4.78, 5) is 31.1. The Morgan fingerprint density at radius 3 is 2.77 bits per heavy atom. The van der Waals surface area contributed by atoms with Crippen LogP contribution in [0.4, 0.5) is 5.82 Å². The number of rotatable bonds is 4. The number of halogens is 1. The van der Waals surface area contributed by atoms with E-state index in [4.69, 9.17) is 16.3 Å². The fourth-order valence-corrected chi connectivity index (χ4v) is 3.14. The van der Waals surface area contributed by atoms with Crippen LogP contribution >= 0.6 is 11.6 Å². The molecule has 0 radical (unpaired) electrons. The number of piperidine rings is 1. The molecule has 1 aliphatic rings. The van der Waals surface area contributed by atoms with Crippen molar-refractivity contribution in [2.45, 2.75) is 12.8 Å². The zero-order chi connectivity index (χ0) is 18.5. The summed E-state index contributed by atoms with van der Waals surface area (Å²) in [5, 5.41) is 3.39. The zero-order valence-electron chi connectivity index (χ0n) is 14.4. The quantitative estimate of drug-likeness (QED) is 0.893. The van der Waals surface area contributed by atoms with Crippen molar-refractivity contribution in [2.24, 2.45) is 5.92 Å². The summed E-state index contributed by atoms with van der Waals surface area (Å²) in [6.07, 6.45) is 3.09. The first-order valence-electron chi connectivity index (χ1n) is 8.43. The van der Waals surface area contributed by atoms with Gasteiger partial charge in [0.1, 0.15) is 0 Å². The van der Waals surface area contributed by atoms with Crippen LogP contribution in [0.2, 0.25) is 5.02 Å². The molecule has 0 aliphatic carbocycles. The largest absolute Gasteiger partial charge is 0.493 e. The van der Waals surface area contributed by atoms with Gasteiger partial charge in [0.15, 0.2) is 11.6 Å². The third-order valence-corrected chi connectivity index (χ3v) is 4.65. The monoisotopic (exact) mass is 373 g/mol. The highest BCUT2D eigenvalue weighted by Crippen LogP contribution is 2.24. The van der Waals surface area contributed by atoms with Gasteiger partial charge in [0.2, 0.25) is 5.91 Å². The maximum absolute atomic E-state index is 12.7. The van der Waals surface area contributed by atoms with Crippen LogP contribution in [-0.2, 0) is 4.79 Å². The Bertz CT molecular complexity index is 795. The van der Waals surface area contributed by atoms with Crippen molar-refractivity contribution in [1.29, 1.82) is 0 Å². The Balaban J connectivity index is 1.66. The number of carbonyl (C=O) groups is 2. The van der Waals surface area contributed by atoms with Crippen LogP contribution in [0.25, 0.3) is 0 Å². The summed E-state index contributed by atoms with van der Waals surface area (Å²) in [5.41, 5.74) is 0.571. The minimum atomic E-state index is -0.285. The second-order valence-electron chi connectivity index (χ2n) is 6.14. The van der Waals surface area contributed by atoms with Crippen LogP contribution < -0.4 is 10.1 Å². The zero-order valence-corrected chi connectivity index (χ0v) is 15.2. The molecule has 6 nitrogen and oxygen atoms in total. The van der Waals surface area contributed by atoms with Crippen molar-refractivity contribution in [1.82, 2.24) is 9.88 Å². The molecule has 7 heteroatoms. The van der Waals surface area contributed by atoms with E-state index in [1.54, 1.807) is 47.5 Å². The Morgan fingerprint density at radius 1 is 1.27 bits per heavy atom. The highest BCUT2D eigenvalue weighted by atomic mass is 35.5. The number of ether oxygens (including phenoxy) is 1. The number of hydrogen-bond donors (Lipinski definition) is 1. The first-order valence-corrected chi connectivity index (χ1v) is 8.81. The van der Waals surface area contributed by atoms with E-state index in [1.165, 1.54) is 7.11 Å². The van der Waals surface area contributed by atoms with Crippen LogP contribution in [0.1, 0.15) is 23.2 Å². The topological polar surface area (TPSA) is 71.5 Å². The molecule has 1 fully saturated rings. The van der Waals surface area contributed by atoms with E-state index in [9.17, 15) is 9.59 Å². The molecule has 1 aromatic heterocycles. The Hall–Kier alpha value is -2.60. The number of methoxy groups -OCH3 is 1. The van der Waals surface area contributed by atoms with Crippen LogP contribution in [0, 0.1) is 5.92 Å². The maximum Gasteiger partial charge on any atom is 0.253 e. The molecular weight excluding hydrogens is 354 g/mol. The number of likely N-dealkylation sites (tertiary alicyclic amines) is 1. The number of nitrogens with zero attached hydrogens (tertiary/aromatic N) is 2. The van der Waals surface area contributed by atoms with Crippen molar-refractivity contribution in [3.8, 4) is 5.75 Å². The lowest BCUT2D eigenvalue weighted by Crippen LogP contribution is -2.43. The maximum atomic E-state index is 12.7. The van der Waals surface area contributed by atoms with E-state index in [0.29, 0.717) is 35.2 Å². The molecule has 1 atom stereocenters. The van der Waals surface area contributed by atoms with Crippen molar-refractivity contribution in [2.75, 3.05) is 25.5 Å². The predicted octanol–water partition coefficient (Wildman–Crippen LogP) is 3.23. The fourth-order valence-electron chi connectivity index (χ4n) is 3.02. The van der Waals surface area contributed by atoms with Gasteiger partial charge in [-0.1, -0.05) is 11.6 Å². The molecule has 3 rings (SSSR count). The van der Waals surface area contributed by atoms with Crippen LogP contribution in [-0.4, -0.2) is 41.9 Å². The number of hydrogen-bond acceptors (Lipinski definition) is 4. The summed E-state index contributed by atoms with van der Waals surface area (Å²) < 4.78 is 5.21. The molecule has 1 N–H and O–H groups in total. The molecular formula is C19H20ClN3O3. The molecule has 136 valence electrons. The normalized spacial score (nSPS) is 16.8. The van der Waals surface area contributed by atoms with E-state index in [1.807, 2.05) is 0 Å². The molecule has 1 saturated heterocycles. The molecule has 0 spiro atoms. The second kappa shape index (κ2) is 8.19. The molecule has 1 unspecified atom stereocenters. The molecule has 2 amide bonds. The van der Waals surface area contributed by atoms with Gasteiger partial charge >= 0.3 is 0 Å². The van der Waals surface area contributed by atoms with Gasteiger partial charge in [-0.3, -0.25) is 9.59 Å². The number of benzene rings is 1. The molecule has 2 heterocycles. The van der Waals surface area contributed by atoms with Crippen molar-refractivity contribution >= 4 is 29.2 Å². The van der Waals surface area contributed by atoms with E-state index in [2.05, 4.69) is 10.3 Å². The van der Waals surface area contributed by atoms with Gasteiger partial charge in [-0.15, -0.1) is 0 Å². The first-order chi connectivity index (χ1) is 12.6. The smallest absolute Gasteiger partial charge is 0.253 e. The molecule has 0 bridgehead atoms. The summed E-state index contributed by atoms with van der Waals surface area (Å²) in [6, 6.07) is 10.3. The Labute approximate surface area is 157 Å². The summed E-state index contributed by atoms with van der Waals surface area (Å²) in [7, 11) is 1.53. The summed E-state index contributed by atoms with van der Waals surface area (Å²) in [5.74, 6) is 0.365. The molecule has 0 saturated carbocycles. The number of nitrogens with one attached hydrogen (secondary N) is 1. The molecule has 1 aromatic carbocycles. The van der Waals surface area contributed by atoms with E-state index in [-0.39, 0.29) is 17.7 Å². The van der Waals surface area contributed by atoms with Gasteiger partial charge in [0.05, 0.1) is 13.0 Å². The highest BCUT2D eigenvalue weighted by Gasteiger charge is 2.29. The lowest BCUT2D eigenvalue weighted by molar-refractivity contribution is -0.121. The average Bonchev–Trinajstić information content (AvgIpc) is 2.68. The van der Waals surface area contributed by atoms with Crippen molar-refractivity contribution in [3.63, 3.8) is 0 Å².